The Hall–Kier alpha value is -1.46. The number of rotatable bonds is 2. The van der Waals surface area contributed by atoms with E-state index in [9.17, 15) is 0 Å². The van der Waals surface area contributed by atoms with Crippen LogP contribution in [0.25, 0.3) is 0 Å². The zero-order valence-electron chi connectivity index (χ0n) is 10.9. The van der Waals surface area contributed by atoms with Crippen molar-refractivity contribution in [3.8, 4) is 17.6 Å². The molecule has 18 heavy (non-hydrogen) atoms. The minimum atomic E-state index is -0.0990. The van der Waals surface area contributed by atoms with E-state index in [1.165, 1.54) is 12.8 Å². The Morgan fingerprint density at radius 2 is 2.06 bits per heavy atom. The van der Waals surface area contributed by atoms with E-state index in [1.54, 1.807) is 0 Å². The molecule has 1 aliphatic carbocycles. The van der Waals surface area contributed by atoms with Crippen LogP contribution in [0.4, 0.5) is 0 Å². The van der Waals surface area contributed by atoms with Gasteiger partial charge in [-0.2, -0.15) is 0 Å². The first-order chi connectivity index (χ1) is 8.78. The van der Waals surface area contributed by atoms with Gasteiger partial charge in [-0.1, -0.05) is 25.2 Å². The SMILES string of the molecule is CC1CCCC(Oc2ccc(C#CCO)cc2)C1. The van der Waals surface area contributed by atoms with Crippen LogP contribution in [0.15, 0.2) is 24.3 Å². The Morgan fingerprint density at radius 1 is 1.28 bits per heavy atom. The van der Waals surface area contributed by atoms with Crippen molar-refractivity contribution in [3.63, 3.8) is 0 Å². The molecule has 1 saturated carbocycles. The summed E-state index contributed by atoms with van der Waals surface area (Å²) in [7, 11) is 0. The van der Waals surface area contributed by atoms with Crippen LogP contribution in [0.2, 0.25) is 0 Å². The van der Waals surface area contributed by atoms with Gasteiger partial charge in [0, 0.05) is 5.56 Å². The lowest BCUT2D eigenvalue weighted by molar-refractivity contribution is 0.129. The van der Waals surface area contributed by atoms with Crippen molar-refractivity contribution in [2.24, 2.45) is 5.92 Å². The maximum atomic E-state index is 8.63. The van der Waals surface area contributed by atoms with Crippen molar-refractivity contribution >= 4 is 0 Å². The van der Waals surface area contributed by atoms with Gasteiger partial charge in [0.2, 0.25) is 0 Å². The second-order valence-electron chi connectivity index (χ2n) is 5.00. The third-order valence-corrected chi connectivity index (χ3v) is 3.36. The van der Waals surface area contributed by atoms with Crippen molar-refractivity contribution in [1.82, 2.24) is 0 Å². The predicted octanol–water partition coefficient (Wildman–Crippen LogP) is 2.99. The van der Waals surface area contributed by atoms with Crippen molar-refractivity contribution in [2.75, 3.05) is 6.61 Å². The maximum absolute atomic E-state index is 8.63. The lowest BCUT2D eigenvalue weighted by Gasteiger charge is -2.27. The molecule has 2 nitrogen and oxygen atoms in total. The van der Waals surface area contributed by atoms with Gasteiger partial charge >= 0.3 is 0 Å². The second kappa shape index (κ2) is 6.47. The molecule has 0 radical (unpaired) electrons. The van der Waals surface area contributed by atoms with E-state index in [1.807, 2.05) is 24.3 Å². The molecule has 0 aromatic heterocycles. The van der Waals surface area contributed by atoms with Gasteiger partial charge in [0.05, 0.1) is 6.10 Å². The summed E-state index contributed by atoms with van der Waals surface area (Å²) in [6.45, 7) is 2.20. The highest BCUT2D eigenvalue weighted by Crippen LogP contribution is 2.27. The normalized spacial score (nSPS) is 23.0. The average Bonchev–Trinajstić information content (AvgIpc) is 2.38. The number of ether oxygens (including phenoxy) is 1. The van der Waals surface area contributed by atoms with Crippen molar-refractivity contribution in [3.05, 3.63) is 29.8 Å². The standard InChI is InChI=1S/C16H20O2/c1-13-4-2-6-16(12-13)18-15-9-7-14(8-10-15)5-3-11-17/h7-10,13,16-17H,2,4,6,11-12H2,1H3. The Balaban J connectivity index is 1.93. The Bertz CT molecular complexity index is 425. The van der Waals surface area contributed by atoms with Crippen LogP contribution >= 0.6 is 0 Å². The van der Waals surface area contributed by atoms with E-state index in [2.05, 4.69) is 18.8 Å². The molecule has 0 heterocycles. The molecule has 0 aliphatic heterocycles. The minimum Gasteiger partial charge on any atom is -0.490 e. The van der Waals surface area contributed by atoms with Gasteiger partial charge in [0.25, 0.3) is 0 Å². The molecule has 1 aromatic carbocycles. The Morgan fingerprint density at radius 3 is 2.72 bits per heavy atom. The van der Waals surface area contributed by atoms with Crippen molar-refractivity contribution in [1.29, 1.82) is 0 Å². The Labute approximate surface area is 109 Å². The fourth-order valence-corrected chi connectivity index (χ4v) is 2.44. The van der Waals surface area contributed by atoms with Crippen LogP contribution in [0.1, 0.15) is 38.2 Å². The molecule has 1 aliphatic rings. The number of aliphatic hydroxyl groups excluding tert-OH is 1. The van der Waals surface area contributed by atoms with E-state index in [0.29, 0.717) is 6.10 Å². The molecule has 0 spiro atoms. The first-order valence-corrected chi connectivity index (χ1v) is 6.64. The average molecular weight is 244 g/mol. The fourth-order valence-electron chi connectivity index (χ4n) is 2.44. The number of hydrogen-bond acceptors (Lipinski definition) is 2. The van der Waals surface area contributed by atoms with Crippen LogP contribution in [-0.2, 0) is 0 Å². The van der Waals surface area contributed by atoms with E-state index in [-0.39, 0.29) is 6.61 Å². The first kappa shape index (κ1) is 13.0. The third-order valence-electron chi connectivity index (χ3n) is 3.36. The first-order valence-electron chi connectivity index (χ1n) is 6.64. The summed E-state index contributed by atoms with van der Waals surface area (Å²) in [5.74, 6) is 7.21. The molecule has 1 aromatic rings. The highest BCUT2D eigenvalue weighted by atomic mass is 16.5. The lowest BCUT2D eigenvalue weighted by atomic mass is 9.89. The molecule has 0 bridgehead atoms. The topological polar surface area (TPSA) is 29.5 Å². The van der Waals surface area contributed by atoms with Crippen molar-refractivity contribution in [2.45, 2.75) is 38.7 Å². The zero-order chi connectivity index (χ0) is 12.8. The van der Waals surface area contributed by atoms with Gasteiger partial charge in [-0.05, 0) is 49.4 Å². The smallest absolute Gasteiger partial charge is 0.119 e. The van der Waals surface area contributed by atoms with E-state index >= 15 is 0 Å². The summed E-state index contributed by atoms with van der Waals surface area (Å²) in [6, 6.07) is 7.79. The summed E-state index contributed by atoms with van der Waals surface area (Å²) in [5, 5.41) is 8.63. The molecule has 2 atom stereocenters. The molecule has 2 heteroatoms. The van der Waals surface area contributed by atoms with Gasteiger partial charge in [-0.25, -0.2) is 0 Å². The van der Waals surface area contributed by atoms with E-state index in [0.717, 1.165) is 30.1 Å². The summed E-state index contributed by atoms with van der Waals surface area (Å²) in [5.41, 5.74) is 0.911. The molecular weight excluding hydrogens is 224 g/mol. The van der Waals surface area contributed by atoms with Gasteiger partial charge in [-0.15, -0.1) is 0 Å². The minimum absolute atomic E-state index is 0.0990. The quantitative estimate of drug-likeness (QED) is 0.810. The number of aliphatic hydroxyl groups is 1. The van der Waals surface area contributed by atoms with Gasteiger partial charge < -0.3 is 9.84 Å². The van der Waals surface area contributed by atoms with Crippen LogP contribution in [0, 0.1) is 17.8 Å². The summed E-state index contributed by atoms with van der Waals surface area (Å²) >= 11 is 0. The van der Waals surface area contributed by atoms with Gasteiger partial charge in [0.15, 0.2) is 0 Å². The summed E-state index contributed by atoms with van der Waals surface area (Å²) in [4.78, 5) is 0. The monoisotopic (exact) mass is 244 g/mol. The predicted molar refractivity (Wildman–Crippen MR) is 72.5 cm³/mol. The summed E-state index contributed by atoms with van der Waals surface area (Å²) < 4.78 is 5.99. The largest absolute Gasteiger partial charge is 0.490 e. The maximum Gasteiger partial charge on any atom is 0.119 e. The highest BCUT2D eigenvalue weighted by Gasteiger charge is 2.19. The van der Waals surface area contributed by atoms with Gasteiger partial charge in [0.1, 0.15) is 12.4 Å². The molecule has 1 N–H and O–H groups in total. The third kappa shape index (κ3) is 3.78. The van der Waals surface area contributed by atoms with Crippen LogP contribution < -0.4 is 4.74 Å². The van der Waals surface area contributed by atoms with Gasteiger partial charge in [-0.3, -0.25) is 0 Å². The Kier molecular flexibility index (Phi) is 4.66. The van der Waals surface area contributed by atoms with Crippen molar-refractivity contribution < 1.29 is 9.84 Å². The zero-order valence-corrected chi connectivity index (χ0v) is 10.9. The lowest BCUT2D eigenvalue weighted by Crippen LogP contribution is -2.23. The highest BCUT2D eigenvalue weighted by molar-refractivity contribution is 5.38. The summed E-state index contributed by atoms with van der Waals surface area (Å²) in [6.07, 6.45) is 5.28. The number of benzene rings is 1. The molecule has 1 fully saturated rings. The molecular formula is C16H20O2. The molecule has 0 saturated heterocycles. The molecule has 2 unspecified atom stereocenters. The molecule has 96 valence electrons. The van der Waals surface area contributed by atoms with Crippen LogP contribution in [0.5, 0.6) is 5.75 Å². The fraction of sp³-hybridized carbons (Fsp3) is 0.500. The second-order valence-corrected chi connectivity index (χ2v) is 5.00. The molecule has 2 rings (SSSR count). The van der Waals surface area contributed by atoms with Crippen LogP contribution in [-0.4, -0.2) is 17.8 Å². The van der Waals surface area contributed by atoms with E-state index in [4.69, 9.17) is 9.84 Å². The molecule has 0 amide bonds. The number of hydrogen-bond donors (Lipinski definition) is 1. The van der Waals surface area contributed by atoms with E-state index < -0.39 is 0 Å². The van der Waals surface area contributed by atoms with Crippen LogP contribution in [0.3, 0.4) is 0 Å².